The zero-order valence-corrected chi connectivity index (χ0v) is 13.8. The summed E-state index contributed by atoms with van der Waals surface area (Å²) in [7, 11) is 3.78. The quantitative estimate of drug-likeness (QED) is 0.757. The van der Waals surface area contributed by atoms with Crippen molar-refractivity contribution in [2.45, 2.75) is 43.4 Å². The van der Waals surface area contributed by atoms with Gasteiger partial charge in [0.1, 0.15) is 6.10 Å². The fourth-order valence-corrected chi connectivity index (χ4v) is 4.95. The molecule has 2 unspecified atom stereocenters. The number of ether oxygens (including phenoxy) is 2. The third-order valence-corrected chi connectivity index (χ3v) is 5.93. The van der Waals surface area contributed by atoms with Crippen LogP contribution in [0.3, 0.4) is 0 Å². The Labute approximate surface area is 137 Å². The topological polar surface area (TPSA) is 62.8 Å². The number of hydrogen-bond donors (Lipinski definition) is 3. The van der Waals surface area contributed by atoms with Crippen LogP contribution in [0.15, 0.2) is 12.1 Å². The standard InChI is InChI=1S/C18H26N2O3/c1-19-13-9-10-3-6-14(22-2)18-15(10)16-11(13)4-5-12(17(16)23-18)20-7-8-21/h3,6,11-13,16-17,19-21H,4-5,7-9H2,1-2H3/t11-,12?,13+,16?,17-/m1/s1. The molecule has 23 heavy (non-hydrogen) atoms. The average Bonchev–Trinajstić information content (AvgIpc) is 2.99. The number of aliphatic hydroxyl groups excluding tert-OH is 1. The van der Waals surface area contributed by atoms with E-state index in [2.05, 4.69) is 23.7 Å². The Balaban J connectivity index is 1.75. The zero-order chi connectivity index (χ0) is 16.0. The lowest BCUT2D eigenvalue weighted by atomic mass is 9.64. The third kappa shape index (κ3) is 2.25. The third-order valence-electron chi connectivity index (χ3n) is 5.93. The molecule has 3 N–H and O–H groups in total. The molecule has 5 heteroatoms. The van der Waals surface area contributed by atoms with Gasteiger partial charge in [0.05, 0.1) is 13.7 Å². The van der Waals surface area contributed by atoms with Gasteiger partial charge in [0.25, 0.3) is 0 Å². The molecule has 1 aliphatic heterocycles. The second-order valence-electron chi connectivity index (χ2n) is 6.90. The van der Waals surface area contributed by atoms with E-state index in [0.717, 1.165) is 24.3 Å². The molecule has 0 amide bonds. The molecule has 1 aromatic carbocycles. The second kappa shape index (κ2) is 5.96. The number of likely N-dealkylation sites (N-methyl/N-ethyl adjacent to an activating group) is 1. The number of hydrogen-bond acceptors (Lipinski definition) is 5. The van der Waals surface area contributed by atoms with E-state index >= 15 is 0 Å². The van der Waals surface area contributed by atoms with Gasteiger partial charge in [-0.05, 0) is 43.9 Å². The Morgan fingerprint density at radius 1 is 1.30 bits per heavy atom. The summed E-state index contributed by atoms with van der Waals surface area (Å²) in [5.41, 5.74) is 2.77. The summed E-state index contributed by atoms with van der Waals surface area (Å²) in [6.45, 7) is 0.787. The van der Waals surface area contributed by atoms with Crippen molar-refractivity contribution in [3.63, 3.8) is 0 Å². The summed E-state index contributed by atoms with van der Waals surface area (Å²) >= 11 is 0. The van der Waals surface area contributed by atoms with Crippen molar-refractivity contribution in [3.05, 3.63) is 23.3 Å². The minimum absolute atomic E-state index is 0.140. The van der Waals surface area contributed by atoms with E-state index in [1.54, 1.807) is 7.11 Å². The van der Waals surface area contributed by atoms with Crippen LogP contribution in [0.2, 0.25) is 0 Å². The van der Waals surface area contributed by atoms with Gasteiger partial charge < -0.3 is 25.2 Å². The maximum absolute atomic E-state index is 9.15. The van der Waals surface area contributed by atoms with Crippen LogP contribution in [0.4, 0.5) is 0 Å². The molecule has 0 bridgehead atoms. The van der Waals surface area contributed by atoms with E-state index in [-0.39, 0.29) is 12.7 Å². The summed E-state index contributed by atoms with van der Waals surface area (Å²) < 4.78 is 12.0. The minimum atomic E-state index is 0.140. The lowest BCUT2D eigenvalue weighted by molar-refractivity contribution is 0.0679. The van der Waals surface area contributed by atoms with Gasteiger partial charge in [-0.15, -0.1) is 0 Å². The highest BCUT2D eigenvalue weighted by Crippen LogP contribution is 2.56. The zero-order valence-electron chi connectivity index (χ0n) is 13.8. The fourth-order valence-electron chi connectivity index (χ4n) is 4.95. The molecule has 126 valence electrons. The Morgan fingerprint density at radius 3 is 2.91 bits per heavy atom. The van der Waals surface area contributed by atoms with Gasteiger partial charge in [0.2, 0.25) is 0 Å². The molecule has 5 nitrogen and oxygen atoms in total. The van der Waals surface area contributed by atoms with Gasteiger partial charge in [-0.3, -0.25) is 0 Å². The van der Waals surface area contributed by atoms with Crippen LogP contribution in [0.25, 0.3) is 0 Å². The van der Waals surface area contributed by atoms with Gasteiger partial charge in [-0.25, -0.2) is 0 Å². The Morgan fingerprint density at radius 2 is 2.17 bits per heavy atom. The lowest BCUT2D eigenvalue weighted by Gasteiger charge is -2.45. The van der Waals surface area contributed by atoms with Crippen LogP contribution < -0.4 is 20.1 Å². The molecule has 0 aromatic heterocycles. The van der Waals surface area contributed by atoms with Crippen molar-refractivity contribution in [1.82, 2.24) is 10.6 Å². The monoisotopic (exact) mass is 318 g/mol. The van der Waals surface area contributed by atoms with Crippen LogP contribution in [0.1, 0.15) is 29.9 Å². The molecule has 4 rings (SSSR count). The molecule has 1 saturated carbocycles. The summed E-state index contributed by atoms with van der Waals surface area (Å²) in [6.07, 6.45) is 3.49. The van der Waals surface area contributed by atoms with Crippen molar-refractivity contribution in [1.29, 1.82) is 0 Å². The van der Waals surface area contributed by atoms with E-state index in [0.29, 0.717) is 30.5 Å². The van der Waals surface area contributed by atoms with Crippen molar-refractivity contribution < 1.29 is 14.6 Å². The van der Waals surface area contributed by atoms with E-state index in [1.165, 1.54) is 17.5 Å². The lowest BCUT2D eigenvalue weighted by Crippen LogP contribution is -2.54. The van der Waals surface area contributed by atoms with Gasteiger partial charge in [0.15, 0.2) is 11.5 Å². The molecule has 2 aliphatic carbocycles. The Hall–Kier alpha value is -1.30. The van der Waals surface area contributed by atoms with Crippen LogP contribution >= 0.6 is 0 Å². The summed E-state index contributed by atoms with van der Waals surface area (Å²) in [5, 5.41) is 16.2. The van der Waals surface area contributed by atoms with Gasteiger partial charge >= 0.3 is 0 Å². The molecule has 0 radical (unpaired) electrons. The fraction of sp³-hybridized carbons (Fsp3) is 0.667. The van der Waals surface area contributed by atoms with Gasteiger partial charge in [-0.1, -0.05) is 6.07 Å². The summed E-state index contributed by atoms with van der Waals surface area (Å²) in [5.74, 6) is 2.84. The maximum atomic E-state index is 9.15. The molecular formula is C18H26N2O3. The smallest absolute Gasteiger partial charge is 0.165 e. The van der Waals surface area contributed by atoms with Crippen molar-refractivity contribution in [2.75, 3.05) is 27.3 Å². The van der Waals surface area contributed by atoms with Crippen LogP contribution in [-0.4, -0.2) is 50.6 Å². The second-order valence-corrected chi connectivity index (χ2v) is 6.90. The predicted octanol–water partition coefficient (Wildman–Crippen LogP) is 1.04. The summed E-state index contributed by atoms with van der Waals surface area (Å²) in [4.78, 5) is 0. The van der Waals surface area contributed by atoms with E-state index in [9.17, 15) is 0 Å². The van der Waals surface area contributed by atoms with Crippen LogP contribution in [0, 0.1) is 5.92 Å². The number of aliphatic hydroxyl groups is 1. The van der Waals surface area contributed by atoms with E-state index in [1.807, 2.05) is 6.07 Å². The average molecular weight is 318 g/mol. The maximum Gasteiger partial charge on any atom is 0.165 e. The normalized spacial score (nSPS) is 34.0. The van der Waals surface area contributed by atoms with Crippen molar-refractivity contribution in [3.8, 4) is 11.5 Å². The molecule has 3 aliphatic rings. The first-order valence-electron chi connectivity index (χ1n) is 8.66. The SMILES string of the molecule is CN[C@H]1Cc2ccc(OC)c3c2C2[C@H](O3)C(NCCO)CC[C@@H]21. The minimum Gasteiger partial charge on any atom is -0.493 e. The Bertz CT molecular complexity index is 592. The van der Waals surface area contributed by atoms with E-state index in [4.69, 9.17) is 14.6 Å². The molecular weight excluding hydrogens is 292 g/mol. The first kappa shape index (κ1) is 15.2. The van der Waals surface area contributed by atoms with Crippen LogP contribution in [-0.2, 0) is 6.42 Å². The molecule has 1 fully saturated rings. The van der Waals surface area contributed by atoms with Crippen LogP contribution in [0.5, 0.6) is 11.5 Å². The number of rotatable bonds is 5. The molecule has 1 heterocycles. The Kier molecular flexibility index (Phi) is 3.95. The van der Waals surface area contributed by atoms with Gasteiger partial charge in [0, 0.05) is 30.1 Å². The van der Waals surface area contributed by atoms with Crippen molar-refractivity contribution >= 4 is 0 Å². The number of nitrogens with one attached hydrogen (secondary N) is 2. The largest absolute Gasteiger partial charge is 0.493 e. The molecule has 0 spiro atoms. The van der Waals surface area contributed by atoms with E-state index < -0.39 is 0 Å². The predicted molar refractivity (Wildman–Crippen MR) is 88.3 cm³/mol. The van der Waals surface area contributed by atoms with Gasteiger partial charge in [-0.2, -0.15) is 0 Å². The molecule has 1 aromatic rings. The summed E-state index contributed by atoms with van der Waals surface area (Å²) in [6, 6.07) is 5.05. The highest BCUT2D eigenvalue weighted by Gasteiger charge is 2.52. The highest BCUT2D eigenvalue weighted by atomic mass is 16.5. The highest BCUT2D eigenvalue weighted by molar-refractivity contribution is 5.58. The number of methoxy groups -OCH3 is 1. The number of benzene rings is 1. The first-order valence-corrected chi connectivity index (χ1v) is 8.66. The molecule has 5 atom stereocenters. The first-order chi connectivity index (χ1) is 11.3. The van der Waals surface area contributed by atoms with Crippen molar-refractivity contribution in [2.24, 2.45) is 5.92 Å². The molecule has 0 saturated heterocycles.